The first kappa shape index (κ1) is 14.9. The average Bonchev–Trinajstić information content (AvgIpc) is 3.33. The first-order valence-corrected chi connectivity index (χ1v) is 9.19. The lowest BCUT2D eigenvalue weighted by Gasteiger charge is -2.20. The molecule has 0 saturated heterocycles. The van der Waals surface area contributed by atoms with Gasteiger partial charge in [0.1, 0.15) is 4.90 Å². The minimum Gasteiger partial charge on any atom is -0.384 e. The lowest BCUT2D eigenvalue weighted by Crippen LogP contribution is -2.24. The molecule has 0 aliphatic heterocycles. The summed E-state index contributed by atoms with van der Waals surface area (Å²) < 4.78 is 26.0. The molecule has 21 heavy (non-hydrogen) atoms. The number of nitrogens with zero attached hydrogens (tertiary/aromatic N) is 1. The third-order valence-electron chi connectivity index (χ3n) is 4.63. The van der Waals surface area contributed by atoms with Crippen LogP contribution in [0.4, 0.5) is 5.69 Å². The Labute approximate surface area is 127 Å². The van der Waals surface area contributed by atoms with E-state index in [1.54, 1.807) is 26.2 Å². The van der Waals surface area contributed by atoms with Gasteiger partial charge in [0, 0.05) is 20.6 Å². The maximum Gasteiger partial charge on any atom is 0.244 e. The van der Waals surface area contributed by atoms with Gasteiger partial charge in [-0.3, -0.25) is 0 Å². The zero-order chi connectivity index (χ0) is 15.0. The molecule has 0 radical (unpaired) electrons. The SMILES string of the molecule is CN(C)S(=O)(=O)c1ccccc1NCC(C1CC1)C1CC1. The number of sulfonamides is 1. The van der Waals surface area contributed by atoms with Crippen molar-refractivity contribution in [3.8, 4) is 0 Å². The van der Waals surface area contributed by atoms with Gasteiger partial charge < -0.3 is 5.32 Å². The highest BCUT2D eigenvalue weighted by atomic mass is 32.2. The van der Waals surface area contributed by atoms with Crippen LogP contribution in [0, 0.1) is 17.8 Å². The van der Waals surface area contributed by atoms with E-state index in [-0.39, 0.29) is 0 Å². The van der Waals surface area contributed by atoms with Gasteiger partial charge in [-0.05, 0) is 55.6 Å². The Balaban J connectivity index is 1.76. The van der Waals surface area contributed by atoms with Gasteiger partial charge in [-0.25, -0.2) is 12.7 Å². The Kier molecular flexibility index (Phi) is 3.97. The first-order chi connectivity index (χ1) is 10.00. The molecule has 0 amide bonds. The minimum absolute atomic E-state index is 0.375. The van der Waals surface area contributed by atoms with Crippen LogP contribution in [0.1, 0.15) is 25.7 Å². The Bertz CT molecular complexity index is 592. The zero-order valence-corrected chi connectivity index (χ0v) is 13.6. The monoisotopic (exact) mass is 308 g/mol. The second-order valence-electron chi connectivity index (χ2n) is 6.50. The van der Waals surface area contributed by atoms with Crippen molar-refractivity contribution in [3.63, 3.8) is 0 Å². The van der Waals surface area contributed by atoms with Crippen molar-refractivity contribution in [2.45, 2.75) is 30.6 Å². The Hall–Kier alpha value is -1.07. The molecule has 2 fully saturated rings. The van der Waals surface area contributed by atoms with E-state index < -0.39 is 10.0 Å². The molecule has 5 heteroatoms. The molecule has 1 aromatic rings. The summed E-state index contributed by atoms with van der Waals surface area (Å²) in [4.78, 5) is 0.375. The fraction of sp³-hybridized carbons (Fsp3) is 0.625. The second kappa shape index (κ2) is 5.61. The molecular formula is C16H24N2O2S. The van der Waals surface area contributed by atoms with Crippen LogP contribution in [0.2, 0.25) is 0 Å². The molecule has 0 aromatic heterocycles. The molecule has 0 bridgehead atoms. The predicted octanol–water partition coefficient (Wildman–Crippen LogP) is 2.79. The van der Waals surface area contributed by atoms with E-state index >= 15 is 0 Å². The average molecular weight is 308 g/mol. The van der Waals surface area contributed by atoms with E-state index in [9.17, 15) is 8.42 Å². The largest absolute Gasteiger partial charge is 0.384 e. The van der Waals surface area contributed by atoms with E-state index in [4.69, 9.17) is 0 Å². The summed E-state index contributed by atoms with van der Waals surface area (Å²) >= 11 is 0. The van der Waals surface area contributed by atoms with Crippen LogP contribution >= 0.6 is 0 Å². The molecule has 2 saturated carbocycles. The van der Waals surface area contributed by atoms with Crippen molar-refractivity contribution >= 4 is 15.7 Å². The maximum absolute atomic E-state index is 12.4. The highest BCUT2D eigenvalue weighted by Gasteiger charge is 2.41. The fourth-order valence-electron chi connectivity index (χ4n) is 3.03. The molecule has 116 valence electrons. The number of hydrogen-bond acceptors (Lipinski definition) is 3. The topological polar surface area (TPSA) is 49.4 Å². The van der Waals surface area contributed by atoms with E-state index in [1.165, 1.54) is 30.0 Å². The summed E-state index contributed by atoms with van der Waals surface area (Å²) in [5.74, 6) is 2.45. The minimum atomic E-state index is -3.39. The van der Waals surface area contributed by atoms with Crippen molar-refractivity contribution in [3.05, 3.63) is 24.3 Å². The van der Waals surface area contributed by atoms with Crippen LogP contribution in [-0.2, 0) is 10.0 Å². The maximum atomic E-state index is 12.4. The zero-order valence-electron chi connectivity index (χ0n) is 12.7. The highest BCUT2D eigenvalue weighted by molar-refractivity contribution is 7.89. The molecule has 2 aliphatic carbocycles. The summed E-state index contributed by atoms with van der Waals surface area (Å²) in [6.45, 7) is 0.898. The van der Waals surface area contributed by atoms with Crippen LogP contribution in [0.3, 0.4) is 0 Å². The normalized spacial score (nSPS) is 19.2. The molecule has 0 heterocycles. The lowest BCUT2D eigenvalue weighted by atomic mass is 9.98. The van der Waals surface area contributed by atoms with Crippen LogP contribution in [0.15, 0.2) is 29.2 Å². The number of para-hydroxylation sites is 1. The van der Waals surface area contributed by atoms with Crippen molar-refractivity contribution < 1.29 is 8.42 Å². The Morgan fingerprint density at radius 3 is 2.24 bits per heavy atom. The molecule has 0 unspecified atom stereocenters. The quantitative estimate of drug-likeness (QED) is 0.842. The van der Waals surface area contributed by atoms with Crippen molar-refractivity contribution in [2.75, 3.05) is 26.0 Å². The fourth-order valence-corrected chi connectivity index (χ4v) is 4.09. The molecule has 0 atom stereocenters. The molecule has 2 aliphatic rings. The summed E-state index contributed by atoms with van der Waals surface area (Å²) in [5, 5.41) is 3.41. The Morgan fingerprint density at radius 1 is 1.14 bits per heavy atom. The Morgan fingerprint density at radius 2 is 1.71 bits per heavy atom. The van der Waals surface area contributed by atoms with Gasteiger partial charge in [0.15, 0.2) is 0 Å². The van der Waals surface area contributed by atoms with Gasteiger partial charge in [0.2, 0.25) is 10.0 Å². The number of hydrogen-bond donors (Lipinski definition) is 1. The number of benzene rings is 1. The number of nitrogens with one attached hydrogen (secondary N) is 1. The summed E-state index contributed by atoms with van der Waals surface area (Å²) in [5.41, 5.74) is 0.734. The van der Waals surface area contributed by atoms with Crippen LogP contribution in [0.25, 0.3) is 0 Å². The van der Waals surface area contributed by atoms with Gasteiger partial charge in [-0.1, -0.05) is 12.1 Å². The third-order valence-corrected chi connectivity index (χ3v) is 6.50. The summed E-state index contributed by atoms with van der Waals surface area (Å²) in [7, 11) is -0.248. The van der Waals surface area contributed by atoms with E-state index in [0.717, 1.165) is 30.0 Å². The molecule has 0 spiro atoms. The standard InChI is InChI=1S/C16H24N2O2S/c1-18(2)21(19,20)16-6-4-3-5-15(16)17-11-14(12-7-8-12)13-9-10-13/h3-6,12-14,17H,7-11H2,1-2H3. The van der Waals surface area contributed by atoms with Gasteiger partial charge in [0.25, 0.3) is 0 Å². The van der Waals surface area contributed by atoms with Crippen LogP contribution in [0.5, 0.6) is 0 Å². The van der Waals surface area contributed by atoms with Gasteiger partial charge in [0.05, 0.1) is 5.69 Å². The number of anilines is 1. The van der Waals surface area contributed by atoms with Crippen molar-refractivity contribution in [1.82, 2.24) is 4.31 Å². The van der Waals surface area contributed by atoms with Gasteiger partial charge >= 0.3 is 0 Å². The summed E-state index contributed by atoms with van der Waals surface area (Å²) in [6, 6.07) is 7.22. The van der Waals surface area contributed by atoms with Crippen LogP contribution in [-0.4, -0.2) is 33.4 Å². The van der Waals surface area contributed by atoms with E-state index in [1.807, 2.05) is 12.1 Å². The first-order valence-electron chi connectivity index (χ1n) is 7.75. The smallest absolute Gasteiger partial charge is 0.244 e. The van der Waals surface area contributed by atoms with Gasteiger partial charge in [-0.2, -0.15) is 0 Å². The molecule has 1 N–H and O–H groups in total. The number of rotatable bonds is 7. The molecule has 4 nitrogen and oxygen atoms in total. The second-order valence-corrected chi connectivity index (χ2v) is 8.62. The predicted molar refractivity (Wildman–Crippen MR) is 84.7 cm³/mol. The highest BCUT2D eigenvalue weighted by Crippen LogP contribution is 2.49. The molecule has 3 rings (SSSR count). The lowest BCUT2D eigenvalue weighted by molar-refractivity contribution is 0.428. The van der Waals surface area contributed by atoms with Crippen molar-refractivity contribution in [2.24, 2.45) is 17.8 Å². The van der Waals surface area contributed by atoms with E-state index in [2.05, 4.69) is 5.32 Å². The van der Waals surface area contributed by atoms with Crippen LogP contribution < -0.4 is 5.32 Å². The van der Waals surface area contributed by atoms with E-state index in [0.29, 0.717) is 4.90 Å². The summed E-state index contributed by atoms with van der Waals surface area (Å²) in [6.07, 6.45) is 5.39. The third kappa shape index (κ3) is 3.24. The van der Waals surface area contributed by atoms with Gasteiger partial charge in [-0.15, -0.1) is 0 Å². The molecular weight excluding hydrogens is 284 g/mol. The van der Waals surface area contributed by atoms with Crippen molar-refractivity contribution in [1.29, 1.82) is 0 Å². The molecule has 1 aromatic carbocycles.